The molecule has 1 atom stereocenters. The molecule has 1 N–H and O–H groups in total. The summed E-state index contributed by atoms with van der Waals surface area (Å²) in [5.74, 6) is -0.884. The maximum atomic E-state index is 13.1. The summed E-state index contributed by atoms with van der Waals surface area (Å²) >= 11 is 5.99. The summed E-state index contributed by atoms with van der Waals surface area (Å²) in [4.78, 5) is 24.5. The normalized spacial score (nSPS) is 12.1. The fraction of sp³-hybridized carbons (Fsp3) is 0.176. The highest BCUT2D eigenvalue weighted by atomic mass is 35.5. The number of benzene rings is 2. The van der Waals surface area contributed by atoms with Gasteiger partial charge in [0.25, 0.3) is 5.56 Å². The van der Waals surface area contributed by atoms with Crippen LogP contribution in [0.15, 0.2) is 47.3 Å². The average Bonchev–Trinajstić information content (AvgIpc) is 2.57. The Morgan fingerprint density at radius 1 is 1.32 bits per heavy atom. The molecule has 0 aliphatic rings. The van der Waals surface area contributed by atoms with Crippen molar-refractivity contribution in [1.29, 1.82) is 0 Å². The van der Waals surface area contributed by atoms with Gasteiger partial charge in [0, 0.05) is 5.02 Å². The van der Waals surface area contributed by atoms with Crippen molar-refractivity contribution in [3.63, 3.8) is 0 Å². The van der Waals surface area contributed by atoms with Gasteiger partial charge in [-0.25, -0.2) is 9.07 Å². The van der Waals surface area contributed by atoms with E-state index in [1.165, 1.54) is 18.2 Å². The van der Waals surface area contributed by atoms with Gasteiger partial charge < -0.3 is 5.32 Å². The van der Waals surface area contributed by atoms with E-state index in [0.29, 0.717) is 16.5 Å². The second kappa shape index (κ2) is 6.98. The van der Waals surface area contributed by atoms with Gasteiger partial charge in [-0.05, 0) is 36.8 Å². The maximum Gasteiger partial charge on any atom is 0.278 e. The molecule has 6 nitrogen and oxygen atoms in total. The predicted molar refractivity (Wildman–Crippen MR) is 91.8 cm³/mol. The van der Waals surface area contributed by atoms with Crippen molar-refractivity contribution in [1.82, 2.24) is 20.3 Å². The van der Waals surface area contributed by atoms with Crippen molar-refractivity contribution >= 4 is 28.4 Å². The van der Waals surface area contributed by atoms with E-state index in [0.717, 1.165) is 4.68 Å². The number of aromatic nitrogens is 3. The smallest absolute Gasteiger partial charge is 0.278 e. The molecule has 0 saturated carbocycles. The Morgan fingerprint density at radius 2 is 2.08 bits per heavy atom. The summed E-state index contributed by atoms with van der Waals surface area (Å²) in [6, 6.07) is 10.3. The van der Waals surface area contributed by atoms with E-state index in [1.807, 2.05) is 0 Å². The van der Waals surface area contributed by atoms with Crippen LogP contribution < -0.4 is 10.9 Å². The Bertz CT molecular complexity index is 1010. The zero-order chi connectivity index (χ0) is 18.0. The minimum absolute atomic E-state index is 0.218. The number of hydrogen-bond acceptors (Lipinski definition) is 4. The first-order valence-electron chi connectivity index (χ1n) is 7.52. The van der Waals surface area contributed by atoms with Gasteiger partial charge in [-0.3, -0.25) is 9.59 Å². The Labute approximate surface area is 147 Å². The van der Waals surface area contributed by atoms with Crippen molar-refractivity contribution in [2.24, 2.45) is 0 Å². The zero-order valence-corrected chi connectivity index (χ0v) is 14.0. The molecule has 0 spiro atoms. The van der Waals surface area contributed by atoms with Crippen LogP contribution in [0, 0.1) is 5.82 Å². The third-order valence-corrected chi connectivity index (χ3v) is 4.06. The van der Waals surface area contributed by atoms with E-state index in [9.17, 15) is 14.0 Å². The zero-order valence-electron chi connectivity index (χ0n) is 13.2. The maximum absolute atomic E-state index is 13.1. The molecular formula is C17H14ClFN4O2. The van der Waals surface area contributed by atoms with Crippen LogP contribution in [0.5, 0.6) is 0 Å². The lowest BCUT2D eigenvalue weighted by atomic mass is 10.1. The van der Waals surface area contributed by atoms with Gasteiger partial charge in [-0.1, -0.05) is 35.0 Å². The number of carbonyl (C=O) groups excluding carboxylic acids is 1. The van der Waals surface area contributed by atoms with Crippen LogP contribution in [-0.4, -0.2) is 20.9 Å². The summed E-state index contributed by atoms with van der Waals surface area (Å²) in [5.41, 5.74) is 0.650. The highest BCUT2D eigenvalue weighted by Crippen LogP contribution is 2.23. The van der Waals surface area contributed by atoms with Gasteiger partial charge in [0.05, 0.1) is 11.4 Å². The molecular weight excluding hydrogens is 347 g/mol. The lowest BCUT2D eigenvalue weighted by molar-refractivity contribution is -0.122. The van der Waals surface area contributed by atoms with Crippen LogP contribution in [0.2, 0.25) is 5.02 Å². The van der Waals surface area contributed by atoms with Crippen molar-refractivity contribution in [2.45, 2.75) is 19.5 Å². The molecule has 8 heteroatoms. The van der Waals surface area contributed by atoms with Gasteiger partial charge in [0.2, 0.25) is 5.91 Å². The fourth-order valence-corrected chi connectivity index (χ4v) is 2.81. The molecule has 0 aliphatic carbocycles. The third kappa shape index (κ3) is 3.66. The van der Waals surface area contributed by atoms with Crippen LogP contribution in [-0.2, 0) is 11.3 Å². The van der Waals surface area contributed by atoms with Crippen LogP contribution in [0.1, 0.15) is 18.5 Å². The summed E-state index contributed by atoms with van der Waals surface area (Å²) < 4.78 is 14.1. The number of amides is 1. The molecule has 0 saturated heterocycles. The number of halogens is 2. The lowest BCUT2D eigenvalue weighted by Gasteiger charge is -2.16. The molecule has 3 aromatic rings. The highest BCUT2D eigenvalue weighted by Gasteiger charge is 2.15. The molecule has 0 radical (unpaired) electrons. The van der Waals surface area contributed by atoms with Crippen LogP contribution in [0.4, 0.5) is 4.39 Å². The summed E-state index contributed by atoms with van der Waals surface area (Å²) in [5, 5.41) is 11.0. The Kier molecular flexibility index (Phi) is 4.76. The Balaban J connectivity index is 1.76. The molecule has 0 aliphatic heterocycles. The third-order valence-electron chi connectivity index (χ3n) is 3.73. The van der Waals surface area contributed by atoms with Gasteiger partial charge in [0.1, 0.15) is 17.9 Å². The van der Waals surface area contributed by atoms with E-state index in [4.69, 9.17) is 11.6 Å². The number of hydrogen-bond donors (Lipinski definition) is 1. The van der Waals surface area contributed by atoms with E-state index in [-0.39, 0.29) is 11.6 Å². The highest BCUT2D eigenvalue weighted by molar-refractivity contribution is 6.31. The monoisotopic (exact) mass is 360 g/mol. The molecule has 2 aromatic carbocycles. The van der Waals surface area contributed by atoms with Gasteiger partial charge >= 0.3 is 0 Å². The number of fused-ring (bicyclic) bond motifs is 1. The quantitative estimate of drug-likeness (QED) is 0.775. The fourth-order valence-electron chi connectivity index (χ4n) is 2.48. The van der Waals surface area contributed by atoms with Crippen molar-refractivity contribution in [3.05, 3.63) is 69.2 Å². The van der Waals surface area contributed by atoms with Gasteiger partial charge in [-0.2, -0.15) is 0 Å². The number of carbonyl (C=O) groups is 1. The number of nitrogens with one attached hydrogen (secondary N) is 1. The second-order valence-corrected chi connectivity index (χ2v) is 5.93. The minimum atomic E-state index is -0.454. The molecule has 1 aromatic heterocycles. The van der Waals surface area contributed by atoms with E-state index < -0.39 is 23.3 Å². The van der Waals surface area contributed by atoms with Gasteiger partial charge in [-0.15, -0.1) is 5.10 Å². The summed E-state index contributed by atoms with van der Waals surface area (Å²) in [7, 11) is 0. The molecule has 0 fully saturated rings. The minimum Gasteiger partial charge on any atom is -0.348 e. The lowest BCUT2D eigenvalue weighted by Crippen LogP contribution is -2.35. The largest absolute Gasteiger partial charge is 0.348 e. The number of rotatable bonds is 4. The molecule has 3 rings (SSSR count). The molecule has 128 valence electrons. The second-order valence-electron chi connectivity index (χ2n) is 5.52. The Hall–Kier alpha value is -2.80. The van der Waals surface area contributed by atoms with Crippen LogP contribution >= 0.6 is 11.6 Å². The van der Waals surface area contributed by atoms with Crippen molar-refractivity contribution < 1.29 is 9.18 Å². The first-order valence-corrected chi connectivity index (χ1v) is 7.90. The van der Waals surface area contributed by atoms with Crippen LogP contribution in [0.25, 0.3) is 10.9 Å². The number of nitrogens with zero attached hydrogens (tertiary/aromatic N) is 3. The first kappa shape index (κ1) is 17.0. The Morgan fingerprint density at radius 3 is 2.84 bits per heavy atom. The van der Waals surface area contributed by atoms with Crippen LogP contribution in [0.3, 0.4) is 0 Å². The van der Waals surface area contributed by atoms with E-state index in [2.05, 4.69) is 15.6 Å². The molecule has 1 amide bonds. The standard InChI is InChI=1S/C17H14ClFN4O2/c1-10(12-7-6-11(19)8-14(12)18)20-16(24)9-23-17(25)13-4-2-3-5-15(13)21-22-23/h2-8,10H,9H2,1H3,(H,20,24)/t10-/m0/s1. The van der Waals surface area contributed by atoms with E-state index >= 15 is 0 Å². The van der Waals surface area contributed by atoms with Crippen molar-refractivity contribution in [2.75, 3.05) is 0 Å². The molecule has 0 bridgehead atoms. The predicted octanol–water partition coefficient (Wildman–Crippen LogP) is 2.46. The summed E-state index contributed by atoms with van der Waals surface area (Å²) in [6.07, 6.45) is 0. The molecule has 25 heavy (non-hydrogen) atoms. The van der Waals surface area contributed by atoms with Crippen molar-refractivity contribution in [3.8, 4) is 0 Å². The average molecular weight is 361 g/mol. The topological polar surface area (TPSA) is 76.9 Å². The molecule has 0 unspecified atom stereocenters. The van der Waals surface area contributed by atoms with E-state index in [1.54, 1.807) is 31.2 Å². The summed E-state index contributed by atoms with van der Waals surface area (Å²) in [6.45, 7) is 1.44. The van der Waals surface area contributed by atoms with Gasteiger partial charge in [0.15, 0.2) is 0 Å². The first-order chi connectivity index (χ1) is 12.0. The molecule has 1 heterocycles. The SMILES string of the molecule is C[C@H](NC(=O)Cn1nnc2ccccc2c1=O)c1ccc(F)cc1Cl.